The van der Waals surface area contributed by atoms with Crippen molar-refractivity contribution in [3.8, 4) is 11.3 Å². The fraction of sp³-hybridized carbons (Fsp3) is 0.375. The number of nitrogens with zero attached hydrogens (tertiary/aromatic N) is 2. The van der Waals surface area contributed by atoms with Crippen molar-refractivity contribution >= 4 is 29.1 Å². The van der Waals surface area contributed by atoms with Crippen LogP contribution in [0.2, 0.25) is 10.0 Å². The van der Waals surface area contributed by atoms with Crippen molar-refractivity contribution in [2.24, 2.45) is 0 Å². The third-order valence-corrected chi connectivity index (χ3v) is 3.73. The molecular weight excluding hydrogens is 337 g/mol. The van der Waals surface area contributed by atoms with E-state index in [0.29, 0.717) is 41.1 Å². The second-order valence-electron chi connectivity index (χ2n) is 5.32. The van der Waals surface area contributed by atoms with Crippen LogP contribution in [-0.4, -0.2) is 36.1 Å². The van der Waals surface area contributed by atoms with E-state index in [4.69, 9.17) is 27.7 Å². The summed E-state index contributed by atoms with van der Waals surface area (Å²) in [5.41, 5.74) is 1.40. The Kier molecular flexibility index (Phi) is 6.45. The van der Waals surface area contributed by atoms with Gasteiger partial charge in [-0.25, -0.2) is 0 Å². The lowest BCUT2D eigenvalue weighted by molar-refractivity contribution is -0.122. The average molecular weight is 356 g/mol. The van der Waals surface area contributed by atoms with E-state index in [1.165, 1.54) is 0 Å². The molecule has 0 saturated carbocycles. The molecule has 0 aliphatic heterocycles. The number of hydrogen-bond donors (Lipinski definition) is 1. The molecule has 0 atom stereocenters. The van der Waals surface area contributed by atoms with Crippen LogP contribution in [0.15, 0.2) is 28.8 Å². The van der Waals surface area contributed by atoms with E-state index in [-0.39, 0.29) is 5.91 Å². The Morgan fingerprint density at radius 3 is 2.83 bits per heavy atom. The molecule has 124 valence electrons. The third kappa shape index (κ3) is 5.23. The van der Waals surface area contributed by atoms with Gasteiger partial charge in [-0.2, -0.15) is 0 Å². The van der Waals surface area contributed by atoms with Gasteiger partial charge < -0.3 is 9.84 Å². The molecule has 2 rings (SSSR count). The summed E-state index contributed by atoms with van der Waals surface area (Å²) in [6.07, 6.45) is 0.919. The lowest BCUT2D eigenvalue weighted by Crippen LogP contribution is -2.35. The van der Waals surface area contributed by atoms with E-state index < -0.39 is 0 Å². The zero-order valence-corrected chi connectivity index (χ0v) is 14.6. The van der Waals surface area contributed by atoms with Crippen molar-refractivity contribution in [3.63, 3.8) is 0 Å². The summed E-state index contributed by atoms with van der Waals surface area (Å²) in [6, 6.07) is 7.03. The largest absolute Gasteiger partial charge is 0.359 e. The van der Waals surface area contributed by atoms with Gasteiger partial charge in [0.25, 0.3) is 0 Å². The van der Waals surface area contributed by atoms with Crippen molar-refractivity contribution in [1.82, 2.24) is 15.4 Å². The number of hydrogen-bond acceptors (Lipinski definition) is 4. The zero-order valence-electron chi connectivity index (χ0n) is 13.1. The van der Waals surface area contributed by atoms with Crippen LogP contribution in [0.5, 0.6) is 0 Å². The normalized spacial score (nSPS) is 11.0. The van der Waals surface area contributed by atoms with Crippen molar-refractivity contribution in [2.45, 2.75) is 19.9 Å². The lowest BCUT2D eigenvalue weighted by Gasteiger charge is -2.13. The fourth-order valence-corrected chi connectivity index (χ4v) is 2.60. The van der Waals surface area contributed by atoms with Gasteiger partial charge in [0.1, 0.15) is 5.69 Å². The molecule has 0 aliphatic rings. The number of amides is 1. The molecule has 1 aromatic heterocycles. The summed E-state index contributed by atoms with van der Waals surface area (Å²) in [6.45, 7) is 3.49. The lowest BCUT2D eigenvalue weighted by atomic mass is 10.1. The molecule has 1 aromatic carbocycles. The highest BCUT2D eigenvalue weighted by Gasteiger charge is 2.13. The van der Waals surface area contributed by atoms with E-state index in [1.807, 2.05) is 24.9 Å². The van der Waals surface area contributed by atoms with Crippen molar-refractivity contribution in [2.75, 3.05) is 20.1 Å². The Balaban J connectivity index is 1.98. The molecule has 23 heavy (non-hydrogen) atoms. The monoisotopic (exact) mass is 355 g/mol. The molecule has 0 spiro atoms. The van der Waals surface area contributed by atoms with Crippen LogP contribution in [0.1, 0.15) is 19.1 Å². The Morgan fingerprint density at radius 2 is 2.13 bits per heavy atom. The summed E-state index contributed by atoms with van der Waals surface area (Å²) >= 11 is 12.1. The first-order valence-electron chi connectivity index (χ1n) is 7.36. The minimum Gasteiger partial charge on any atom is -0.359 e. The van der Waals surface area contributed by atoms with E-state index in [9.17, 15) is 4.79 Å². The highest BCUT2D eigenvalue weighted by atomic mass is 35.5. The van der Waals surface area contributed by atoms with Gasteiger partial charge in [0.05, 0.1) is 18.1 Å². The standard InChI is InChI=1S/C16H19Cl2N3O2/c1-3-6-19-16(22)10-21(2)9-12-8-15(20-23-12)13-5-4-11(17)7-14(13)18/h4-5,7-8H,3,6,9-10H2,1-2H3,(H,19,22). The second kappa shape index (κ2) is 8.34. The molecule has 0 bridgehead atoms. The zero-order chi connectivity index (χ0) is 16.8. The SMILES string of the molecule is CCCNC(=O)CN(C)Cc1cc(-c2ccc(Cl)cc2Cl)no1. The maximum atomic E-state index is 11.7. The van der Waals surface area contributed by atoms with Gasteiger partial charge in [-0.15, -0.1) is 0 Å². The van der Waals surface area contributed by atoms with E-state index in [1.54, 1.807) is 18.2 Å². The molecule has 2 aromatic rings. The second-order valence-corrected chi connectivity index (χ2v) is 6.17. The van der Waals surface area contributed by atoms with Crippen molar-refractivity contribution < 1.29 is 9.32 Å². The van der Waals surface area contributed by atoms with E-state index >= 15 is 0 Å². The van der Waals surface area contributed by atoms with Crippen LogP contribution < -0.4 is 5.32 Å². The molecule has 1 amide bonds. The topological polar surface area (TPSA) is 58.4 Å². The van der Waals surface area contributed by atoms with E-state index in [0.717, 1.165) is 12.0 Å². The number of benzene rings is 1. The molecule has 0 radical (unpaired) electrons. The number of aromatic nitrogens is 1. The first-order chi connectivity index (χ1) is 11.0. The van der Waals surface area contributed by atoms with Gasteiger partial charge in [-0.1, -0.05) is 35.3 Å². The number of carbonyl (C=O) groups is 1. The van der Waals surface area contributed by atoms with Gasteiger partial charge in [0, 0.05) is 23.2 Å². The predicted molar refractivity (Wildman–Crippen MR) is 91.6 cm³/mol. The summed E-state index contributed by atoms with van der Waals surface area (Å²) < 4.78 is 5.32. The smallest absolute Gasteiger partial charge is 0.234 e. The number of likely N-dealkylation sites (N-methyl/N-ethyl adjacent to an activating group) is 1. The number of rotatable bonds is 7. The van der Waals surface area contributed by atoms with Gasteiger partial charge in [-0.05, 0) is 31.7 Å². The van der Waals surface area contributed by atoms with Gasteiger partial charge >= 0.3 is 0 Å². The Hall–Kier alpha value is -1.56. The van der Waals surface area contributed by atoms with Crippen molar-refractivity contribution in [1.29, 1.82) is 0 Å². The Labute approximate surface area is 145 Å². The first kappa shape index (κ1) is 17.8. The number of halogens is 2. The molecule has 7 heteroatoms. The molecule has 0 fully saturated rings. The number of nitrogens with one attached hydrogen (secondary N) is 1. The minimum atomic E-state index is -0.00478. The molecule has 0 aliphatic carbocycles. The first-order valence-corrected chi connectivity index (χ1v) is 8.11. The minimum absolute atomic E-state index is 0.00478. The average Bonchev–Trinajstić information content (AvgIpc) is 2.93. The maximum Gasteiger partial charge on any atom is 0.234 e. The van der Waals surface area contributed by atoms with Crippen LogP contribution in [-0.2, 0) is 11.3 Å². The fourth-order valence-electron chi connectivity index (χ4n) is 2.10. The summed E-state index contributed by atoms with van der Waals surface area (Å²) in [5.74, 6) is 0.659. The van der Waals surface area contributed by atoms with Gasteiger partial charge in [0.15, 0.2) is 5.76 Å². The molecule has 0 saturated heterocycles. The predicted octanol–water partition coefficient (Wildman–Crippen LogP) is 3.61. The van der Waals surface area contributed by atoms with Gasteiger partial charge in [0.2, 0.25) is 5.91 Å². The highest BCUT2D eigenvalue weighted by molar-refractivity contribution is 6.36. The third-order valence-electron chi connectivity index (χ3n) is 3.18. The molecule has 1 heterocycles. The van der Waals surface area contributed by atoms with Crippen LogP contribution >= 0.6 is 23.2 Å². The van der Waals surface area contributed by atoms with Crippen LogP contribution in [0.25, 0.3) is 11.3 Å². The quantitative estimate of drug-likeness (QED) is 0.824. The summed E-state index contributed by atoms with van der Waals surface area (Å²) in [4.78, 5) is 13.5. The molecular formula is C16H19Cl2N3O2. The summed E-state index contributed by atoms with van der Waals surface area (Å²) in [7, 11) is 1.85. The van der Waals surface area contributed by atoms with E-state index in [2.05, 4.69) is 10.5 Å². The number of carbonyl (C=O) groups excluding carboxylic acids is 1. The molecule has 5 nitrogen and oxygen atoms in total. The summed E-state index contributed by atoms with van der Waals surface area (Å²) in [5, 5.41) is 7.95. The van der Waals surface area contributed by atoms with Crippen LogP contribution in [0.3, 0.4) is 0 Å². The van der Waals surface area contributed by atoms with Crippen LogP contribution in [0, 0.1) is 0 Å². The Morgan fingerprint density at radius 1 is 1.35 bits per heavy atom. The molecule has 0 unspecified atom stereocenters. The van der Waals surface area contributed by atoms with Crippen LogP contribution in [0.4, 0.5) is 0 Å². The Bertz CT molecular complexity index is 673. The van der Waals surface area contributed by atoms with Gasteiger partial charge in [-0.3, -0.25) is 9.69 Å². The van der Waals surface area contributed by atoms with Crippen molar-refractivity contribution in [3.05, 3.63) is 40.1 Å². The molecule has 1 N–H and O–H groups in total. The highest BCUT2D eigenvalue weighted by Crippen LogP contribution is 2.30. The maximum absolute atomic E-state index is 11.7.